The van der Waals surface area contributed by atoms with E-state index in [2.05, 4.69) is 5.32 Å². The average molecular weight is 391 g/mol. The first kappa shape index (κ1) is 21.1. The number of carbonyl (C=O) groups is 1. The van der Waals surface area contributed by atoms with Crippen molar-refractivity contribution in [1.29, 1.82) is 0 Å². The Labute approximate surface area is 160 Å². The Morgan fingerprint density at radius 1 is 1.11 bits per heavy atom. The van der Waals surface area contributed by atoms with Crippen LogP contribution in [0.25, 0.3) is 0 Å². The largest absolute Gasteiger partial charge is 0.460 e. The summed E-state index contributed by atoms with van der Waals surface area (Å²) in [5, 5.41) is 3.18. The molecule has 1 saturated heterocycles. The van der Waals surface area contributed by atoms with Crippen molar-refractivity contribution in [1.82, 2.24) is 5.32 Å². The Bertz CT molecular complexity index is 813. The minimum absolute atomic E-state index is 0.0666. The van der Waals surface area contributed by atoms with E-state index in [9.17, 15) is 13.2 Å². The summed E-state index contributed by atoms with van der Waals surface area (Å²) >= 11 is 0. The molecular weight excluding hydrogens is 366 g/mol. The highest BCUT2D eigenvalue weighted by atomic mass is 32.2. The second-order valence-corrected chi connectivity index (χ2v) is 7.81. The fraction of sp³-hybridized carbons (Fsp3) is 0.350. The van der Waals surface area contributed by atoms with Gasteiger partial charge in [-0.15, -0.1) is 0 Å². The molecule has 3 rings (SSSR count). The topological polar surface area (TPSA) is 92.7 Å². The number of benzene rings is 2. The maximum atomic E-state index is 11.7. The van der Waals surface area contributed by atoms with Crippen molar-refractivity contribution in [2.75, 3.05) is 6.54 Å². The van der Waals surface area contributed by atoms with Crippen molar-refractivity contribution in [3.63, 3.8) is 0 Å². The Hall–Kier alpha value is -2.22. The molecule has 0 bridgehead atoms. The first-order valence-electron chi connectivity index (χ1n) is 8.84. The van der Waals surface area contributed by atoms with E-state index < -0.39 is 10.1 Å². The highest BCUT2D eigenvalue weighted by Gasteiger charge is 2.21. The highest BCUT2D eigenvalue weighted by molar-refractivity contribution is 7.85. The highest BCUT2D eigenvalue weighted by Crippen LogP contribution is 2.10. The molecule has 1 heterocycles. The second-order valence-electron chi connectivity index (χ2n) is 6.38. The number of ether oxygens (including phenoxy) is 1. The molecule has 146 valence electrons. The summed E-state index contributed by atoms with van der Waals surface area (Å²) in [7, 11) is -4.02. The molecule has 0 radical (unpaired) electrons. The lowest BCUT2D eigenvalue weighted by molar-refractivity contribution is -0.148. The van der Waals surface area contributed by atoms with Gasteiger partial charge in [0.1, 0.15) is 12.6 Å². The number of carbonyl (C=O) groups excluding carboxylic acids is 1. The van der Waals surface area contributed by atoms with Crippen LogP contribution in [0.3, 0.4) is 0 Å². The zero-order chi connectivity index (χ0) is 19.7. The van der Waals surface area contributed by atoms with Gasteiger partial charge in [-0.3, -0.25) is 9.35 Å². The number of nitrogens with one attached hydrogen (secondary N) is 1. The smallest absolute Gasteiger partial charge is 0.323 e. The van der Waals surface area contributed by atoms with Crippen LogP contribution in [0.5, 0.6) is 0 Å². The molecule has 1 aliphatic rings. The molecule has 7 heteroatoms. The monoisotopic (exact) mass is 391 g/mol. The number of piperidine rings is 1. The van der Waals surface area contributed by atoms with Crippen LogP contribution in [0.4, 0.5) is 0 Å². The third-order valence-corrected chi connectivity index (χ3v) is 5.01. The van der Waals surface area contributed by atoms with Gasteiger partial charge in [0.25, 0.3) is 10.1 Å². The summed E-state index contributed by atoms with van der Waals surface area (Å²) in [6.07, 6.45) is 3.16. The van der Waals surface area contributed by atoms with Crippen LogP contribution >= 0.6 is 0 Å². The van der Waals surface area contributed by atoms with Crippen LogP contribution in [0.1, 0.15) is 30.4 Å². The van der Waals surface area contributed by atoms with Crippen molar-refractivity contribution in [2.24, 2.45) is 0 Å². The number of esters is 1. The molecule has 27 heavy (non-hydrogen) atoms. The van der Waals surface area contributed by atoms with E-state index in [1.54, 1.807) is 12.1 Å². The van der Waals surface area contributed by atoms with Crippen molar-refractivity contribution in [3.05, 3.63) is 65.7 Å². The van der Waals surface area contributed by atoms with Gasteiger partial charge in [0.15, 0.2) is 0 Å². The van der Waals surface area contributed by atoms with Crippen molar-refractivity contribution in [3.8, 4) is 0 Å². The SMILES string of the molecule is Cc1ccc(S(=O)(=O)O)cc1.O=C(OCc1ccccc1)[C@@H]1CCCCN1. The number of aryl methyl sites for hydroxylation is 1. The summed E-state index contributed by atoms with van der Waals surface area (Å²) in [4.78, 5) is 11.6. The van der Waals surface area contributed by atoms with Gasteiger partial charge in [-0.05, 0) is 44.0 Å². The van der Waals surface area contributed by atoms with Crippen LogP contribution in [0, 0.1) is 6.92 Å². The van der Waals surface area contributed by atoms with E-state index >= 15 is 0 Å². The van der Waals surface area contributed by atoms with Crippen LogP contribution in [0.2, 0.25) is 0 Å². The van der Waals surface area contributed by atoms with Gasteiger partial charge in [0.05, 0.1) is 4.90 Å². The minimum atomic E-state index is -4.02. The summed E-state index contributed by atoms with van der Waals surface area (Å²) in [6.45, 7) is 3.14. The van der Waals surface area contributed by atoms with Gasteiger partial charge in [-0.1, -0.05) is 54.4 Å². The van der Waals surface area contributed by atoms with Gasteiger partial charge in [-0.25, -0.2) is 0 Å². The first-order valence-corrected chi connectivity index (χ1v) is 10.3. The Morgan fingerprint density at radius 3 is 2.33 bits per heavy atom. The van der Waals surface area contributed by atoms with Crippen LogP contribution in [-0.2, 0) is 26.3 Å². The summed E-state index contributed by atoms with van der Waals surface area (Å²) in [5.41, 5.74) is 1.99. The zero-order valence-corrected chi connectivity index (χ0v) is 16.1. The standard InChI is InChI=1S/C13H17NO2.C7H8O3S/c15-13(12-8-4-5-9-14-12)16-10-11-6-2-1-3-7-11;1-6-2-4-7(5-3-6)11(8,9)10/h1-3,6-7,12,14H,4-5,8-10H2;2-5H,1H3,(H,8,9,10)/t12-;/m0./s1. The summed E-state index contributed by atoms with van der Waals surface area (Å²) < 4.78 is 34.8. The molecule has 0 saturated carbocycles. The third kappa shape index (κ3) is 7.50. The number of rotatable bonds is 4. The third-order valence-electron chi connectivity index (χ3n) is 4.14. The molecule has 1 aliphatic heterocycles. The number of hydrogen-bond donors (Lipinski definition) is 2. The zero-order valence-electron chi connectivity index (χ0n) is 15.3. The van der Waals surface area contributed by atoms with Gasteiger partial charge < -0.3 is 10.1 Å². The van der Waals surface area contributed by atoms with Gasteiger partial charge in [-0.2, -0.15) is 8.42 Å². The molecule has 0 spiro atoms. The number of hydrogen-bond acceptors (Lipinski definition) is 5. The Morgan fingerprint density at radius 2 is 1.78 bits per heavy atom. The lowest BCUT2D eigenvalue weighted by atomic mass is 10.1. The Kier molecular flexibility index (Phi) is 7.97. The van der Waals surface area contributed by atoms with Crippen LogP contribution in [-0.4, -0.2) is 31.5 Å². The first-order chi connectivity index (χ1) is 12.9. The molecule has 1 fully saturated rings. The second kappa shape index (κ2) is 10.2. The van der Waals surface area contributed by atoms with Gasteiger partial charge in [0.2, 0.25) is 0 Å². The van der Waals surface area contributed by atoms with E-state index in [-0.39, 0.29) is 16.9 Å². The molecular formula is C20H25NO5S. The van der Waals surface area contributed by atoms with Crippen molar-refractivity contribution >= 4 is 16.1 Å². The molecule has 0 amide bonds. The van der Waals surface area contributed by atoms with Gasteiger partial charge in [0, 0.05) is 0 Å². The lowest BCUT2D eigenvalue weighted by Gasteiger charge is -2.21. The van der Waals surface area contributed by atoms with E-state index in [0.29, 0.717) is 6.61 Å². The molecule has 1 atom stereocenters. The van der Waals surface area contributed by atoms with E-state index in [4.69, 9.17) is 9.29 Å². The molecule has 6 nitrogen and oxygen atoms in total. The molecule has 0 unspecified atom stereocenters. The molecule has 2 aromatic rings. The Balaban J connectivity index is 0.000000208. The minimum Gasteiger partial charge on any atom is -0.460 e. The molecule has 0 aliphatic carbocycles. The lowest BCUT2D eigenvalue weighted by Crippen LogP contribution is -2.41. The van der Waals surface area contributed by atoms with Crippen LogP contribution < -0.4 is 5.32 Å². The molecule has 2 N–H and O–H groups in total. The molecule has 2 aromatic carbocycles. The predicted octanol–water partition coefficient (Wildman–Crippen LogP) is 3.11. The van der Waals surface area contributed by atoms with Crippen LogP contribution in [0.15, 0.2) is 59.5 Å². The summed E-state index contributed by atoms with van der Waals surface area (Å²) in [6, 6.07) is 15.7. The van der Waals surface area contributed by atoms with Crippen molar-refractivity contribution < 1.29 is 22.5 Å². The van der Waals surface area contributed by atoms with E-state index in [1.807, 2.05) is 37.3 Å². The fourth-order valence-corrected chi connectivity index (χ4v) is 3.07. The average Bonchev–Trinajstić information content (AvgIpc) is 2.68. The van der Waals surface area contributed by atoms with E-state index in [0.717, 1.165) is 36.9 Å². The normalized spacial score (nSPS) is 16.7. The fourth-order valence-electron chi connectivity index (χ4n) is 2.59. The molecule has 0 aromatic heterocycles. The summed E-state index contributed by atoms with van der Waals surface area (Å²) in [5.74, 6) is -0.122. The van der Waals surface area contributed by atoms with Gasteiger partial charge >= 0.3 is 5.97 Å². The van der Waals surface area contributed by atoms with E-state index in [1.165, 1.54) is 12.1 Å². The quantitative estimate of drug-likeness (QED) is 0.614. The van der Waals surface area contributed by atoms with Crippen molar-refractivity contribution in [2.45, 2.75) is 43.7 Å². The predicted molar refractivity (Wildman–Crippen MR) is 103 cm³/mol. The maximum Gasteiger partial charge on any atom is 0.323 e. The maximum absolute atomic E-state index is 11.7.